The van der Waals surface area contributed by atoms with E-state index in [1.165, 1.54) is 11.6 Å². The Bertz CT molecular complexity index is 509. The Hall–Kier alpha value is -2.25. The van der Waals surface area contributed by atoms with Crippen molar-refractivity contribution in [3.8, 4) is 0 Å². The molecule has 0 saturated heterocycles. The Morgan fingerprint density at radius 1 is 1.40 bits per heavy atom. The highest BCUT2D eigenvalue weighted by molar-refractivity contribution is 5.90. The molecule has 1 amide bonds. The maximum atomic E-state index is 10.9. The van der Waals surface area contributed by atoms with Crippen LogP contribution in [0.3, 0.4) is 0 Å². The summed E-state index contributed by atoms with van der Waals surface area (Å²) in [6.45, 7) is 3.52. The fraction of sp³-hybridized carbons (Fsp3) is 0.308. The van der Waals surface area contributed by atoms with Gasteiger partial charge < -0.3 is 5.11 Å². The molecule has 0 unspecified atom stereocenters. The third kappa shape index (κ3) is 4.79. The van der Waals surface area contributed by atoms with Crippen LogP contribution in [0.1, 0.15) is 25.1 Å². The van der Waals surface area contributed by atoms with Crippen LogP contribution in [0.2, 0.25) is 0 Å². The van der Waals surface area contributed by atoms with E-state index in [9.17, 15) is 9.59 Å². The van der Waals surface area contributed by atoms with Gasteiger partial charge in [0, 0.05) is 18.8 Å². The normalized spacial score (nSPS) is 11.6. The molecule has 1 aromatic rings. The number of carboxylic acids is 1. The van der Waals surface area contributed by atoms with E-state index in [1.807, 2.05) is 0 Å². The van der Waals surface area contributed by atoms with Crippen LogP contribution in [0.5, 0.6) is 0 Å². The van der Waals surface area contributed by atoms with E-state index in [0.717, 1.165) is 11.6 Å². The lowest BCUT2D eigenvalue weighted by Crippen LogP contribution is -2.46. The number of aromatic nitrogens is 1. The lowest BCUT2D eigenvalue weighted by Gasteiger charge is -2.20. The van der Waals surface area contributed by atoms with Crippen molar-refractivity contribution in [3.63, 3.8) is 0 Å². The number of hydrogen-bond donors (Lipinski definition) is 4. The summed E-state index contributed by atoms with van der Waals surface area (Å²) in [5.41, 5.74) is 1.83. The molecular weight excluding hydrogens is 262 g/mol. The number of amides is 1. The average Bonchev–Trinajstić information content (AvgIpc) is 2.43. The lowest BCUT2D eigenvalue weighted by molar-refractivity contribution is -0.143. The Morgan fingerprint density at radius 3 is 2.60 bits per heavy atom. The van der Waals surface area contributed by atoms with Gasteiger partial charge in [0.05, 0.1) is 5.69 Å². The Kier molecular flexibility index (Phi) is 5.36. The van der Waals surface area contributed by atoms with Gasteiger partial charge >= 0.3 is 5.97 Å². The first-order valence-electron chi connectivity index (χ1n) is 5.90. The van der Waals surface area contributed by atoms with Crippen molar-refractivity contribution in [2.24, 2.45) is 0 Å². The molecule has 1 rings (SSSR count). The molecule has 0 saturated carbocycles. The zero-order chi connectivity index (χ0) is 15.2. The minimum Gasteiger partial charge on any atom is -0.480 e. The number of nitrogens with zero attached hydrogens (tertiary/aromatic N) is 1. The van der Waals surface area contributed by atoms with Crippen LogP contribution in [0, 0.1) is 0 Å². The number of hydrogen-bond acceptors (Lipinski definition) is 5. The smallest absolute Gasteiger partial charge is 0.323 e. The van der Waals surface area contributed by atoms with Gasteiger partial charge in [-0.3, -0.25) is 25.1 Å². The number of hydroxylamine groups is 1. The third-order valence-electron chi connectivity index (χ3n) is 2.63. The topological polar surface area (TPSA) is 112 Å². The van der Waals surface area contributed by atoms with Crippen molar-refractivity contribution in [2.45, 2.75) is 25.9 Å². The summed E-state index contributed by atoms with van der Waals surface area (Å²) in [6, 6.07) is 3.46. The second-order valence-corrected chi connectivity index (χ2v) is 4.68. The first-order chi connectivity index (χ1) is 9.35. The molecule has 0 atom stereocenters. The molecular formula is C13H17N3O4. The zero-order valence-corrected chi connectivity index (χ0v) is 11.3. The first-order valence-corrected chi connectivity index (χ1v) is 5.90. The van der Waals surface area contributed by atoms with Crippen LogP contribution < -0.4 is 10.8 Å². The molecule has 0 radical (unpaired) electrons. The van der Waals surface area contributed by atoms with Crippen molar-refractivity contribution < 1.29 is 19.9 Å². The van der Waals surface area contributed by atoms with Crippen LogP contribution in [0.4, 0.5) is 0 Å². The van der Waals surface area contributed by atoms with Crippen molar-refractivity contribution in [3.05, 3.63) is 35.7 Å². The molecule has 0 aromatic carbocycles. The quantitative estimate of drug-likeness (QED) is 0.344. The van der Waals surface area contributed by atoms with Crippen LogP contribution in [0.15, 0.2) is 24.4 Å². The molecule has 7 nitrogen and oxygen atoms in total. The second-order valence-electron chi connectivity index (χ2n) is 4.68. The monoisotopic (exact) mass is 279 g/mol. The van der Waals surface area contributed by atoms with Gasteiger partial charge in [0.2, 0.25) is 0 Å². The highest BCUT2D eigenvalue weighted by Crippen LogP contribution is 2.06. The molecule has 1 aromatic heterocycles. The highest BCUT2D eigenvalue weighted by atomic mass is 16.5. The van der Waals surface area contributed by atoms with Gasteiger partial charge in [0.1, 0.15) is 5.54 Å². The average molecular weight is 279 g/mol. The molecule has 0 aliphatic rings. The minimum absolute atomic E-state index is 0.368. The molecule has 7 heteroatoms. The second kappa shape index (κ2) is 6.78. The maximum absolute atomic E-state index is 10.9. The molecule has 0 aliphatic carbocycles. The molecule has 0 aliphatic heterocycles. The predicted molar refractivity (Wildman–Crippen MR) is 71.8 cm³/mol. The van der Waals surface area contributed by atoms with Crippen molar-refractivity contribution in [1.29, 1.82) is 0 Å². The van der Waals surface area contributed by atoms with Gasteiger partial charge in [-0.25, -0.2) is 5.48 Å². The number of carbonyl (C=O) groups excluding carboxylic acids is 1. The summed E-state index contributed by atoms with van der Waals surface area (Å²) in [5, 5.41) is 20.2. The summed E-state index contributed by atoms with van der Waals surface area (Å²) in [4.78, 5) is 25.8. The first kappa shape index (κ1) is 15.8. The zero-order valence-electron chi connectivity index (χ0n) is 11.3. The number of aliphatic carboxylic acids is 1. The van der Waals surface area contributed by atoms with E-state index < -0.39 is 17.4 Å². The predicted octanol–water partition coefficient (Wildman–Crippen LogP) is 0.553. The minimum atomic E-state index is -1.02. The van der Waals surface area contributed by atoms with Crippen LogP contribution >= 0.6 is 0 Å². The summed E-state index contributed by atoms with van der Waals surface area (Å²) < 4.78 is 0. The number of pyridine rings is 1. The van der Waals surface area contributed by atoms with Crippen LogP contribution in [-0.2, 0) is 16.1 Å². The van der Waals surface area contributed by atoms with Gasteiger partial charge in [-0.1, -0.05) is 6.07 Å². The molecule has 108 valence electrons. The van der Waals surface area contributed by atoms with E-state index in [2.05, 4.69) is 10.3 Å². The molecule has 1 heterocycles. The van der Waals surface area contributed by atoms with E-state index in [0.29, 0.717) is 12.2 Å². The maximum Gasteiger partial charge on any atom is 0.323 e. The number of carboxylic acid groups (broad SMARTS) is 1. The molecule has 0 fully saturated rings. The Labute approximate surface area is 116 Å². The molecule has 0 bridgehead atoms. The van der Waals surface area contributed by atoms with Gasteiger partial charge in [0.25, 0.3) is 5.91 Å². The van der Waals surface area contributed by atoms with Crippen molar-refractivity contribution >= 4 is 18.0 Å². The van der Waals surface area contributed by atoms with Crippen molar-refractivity contribution in [2.75, 3.05) is 0 Å². The highest BCUT2D eigenvalue weighted by Gasteiger charge is 2.25. The Balaban J connectivity index is 2.61. The third-order valence-corrected chi connectivity index (χ3v) is 2.63. The standard InChI is InChI=1S/C13H17N3O4/c1-13(2,12(18)19)15-8-9-3-4-10(14-7-9)5-6-11(17)16-20/h3-7,15,20H,8H2,1-2H3,(H,16,17)(H,18,19). The summed E-state index contributed by atoms with van der Waals surface area (Å²) >= 11 is 0. The molecule has 0 spiro atoms. The Morgan fingerprint density at radius 2 is 2.10 bits per heavy atom. The number of rotatable bonds is 6. The molecule has 20 heavy (non-hydrogen) atoms. The van der Waals surface area contributed by atoms with E-state index in [-0.39, 0.29) is 0 Å². The van der Waals surface area contributed by atoms with E-state index >= 15 is 0 Å². The fourth-order valence-electron chi connectivity index (χ4n) is 1.24. The van der Waals surface area contributed by atoms with Crippen molar-refractivity contribution in [1.82, 2.24) is 15.8 Å². The van der Waals surface area contributed by atoms with Gasteiger partial charge in [-0.2, -0.15) is 0 Å². The summed E-state index contributed by atoms with van der Waals surface area (Å²) in [6.07, 6.45) is 4.18. The molecule has 4 N–H and O–H groups in total. The summed E-state index contributed by atoms with van der Waals surface area (Å²) in [7, 11) is 0. The van der Waals surface area contributed by atoms with E-state index in [4.69, 9.17) is 10.3 Å². The van der Waals surface area contributed by atoms with Crippen LogP contribution in [0.25, 0.3) is 6.08 Å². The SMILES string of the molecule is CC(C)(NCc1ccc(C=CC(=O)NO)nc1)C(=O)O. The number of carbonyl (C=O) groups is 2. The van der Waals surface area contributed by atoms with Crippen LogP contribution in [-0.4, -0.2) is 32.7 Å². The van der Waals surface area contributed by atoms with Gasteiger partial charge in [-0.05, 0) is 31.6 Å². The largest absolute Gasteiger partial charge is 0.480 e. The fourth-order valence-corrected chi connectivity index (χ4v) is 1.24. The lowest BCUT2D eigenvalue weighted by atomic mass is 10.1. The number of nitrogens with one attached hydrogen (secondary N) is 2. The van der Waals surface area contributed by atoms with E-state index in [1.54, 1.807) is 32.2 Å². The summed E-state index contributed by atoms with van der Waals surface area (Å²) in [5.74, 6) is -1.57. The van der Waals surface area contributed by atoms with Gasteiger partial charge in [-0.15, -0.1) is 0 Å². The van der Waals surface area contributed by atoms with Gasteiger partial charge in [0.15, 0.2) is 0 Å².